The van der Waals surface area contributed by atoms with Crippen LogP contribution in [0.25, 0.3) is 0 Å². The van der Waals surface area contributed by atoms with Crippen molar-refractivity contribution in [3.05, 3.63) is 47.6 Å². The molecular formula is C47H75NO9. The van der Waals surface area contributed by atoms with Gasteiger partial charge in [-0.3, -0.25) is 14.4 Å². The van der Waals surface area contributed by atoms with Gasteiger partial charge in [0.2, 0.25) is 5.79 Å². The Bertz CT molecular complexity index is 1420. The summed E-state index contributed by atoms with van der Waals surface area (Å²) in [5.74, 6) is -4.56. The van der Waals surface area contributed by atoms with Gasteiger partial charge in [-0.1, -0.05) is 82.6 Å². The average Bonchev–Trinajstić information content (AvgIpc) is 3.21. The predicted molar refractivity (Wildman–Crippen MR) is 224 cm³/mol. The Kier molecular flexibility index (Phi) is 21.1. The molecule has 0 spiro atoms. The summed E-state index contributed by atoms with van der Waals surface area (Å²) in [5.41, 5.74) is 2.08. The molecule has 0 aromatic heterocycles. The molecule has 2 aliphatic heterocycles. The van der Waals surface area contributed by atoms with E-state index in [2.05, 4.69) is 32.9 Å². The molecule has 1 aliphatic carbocycles. The molecule has 322 valence electrons. The number of unbranched alkanes of at least 4 members (excludes halogenated alkanes) is 1. The Morgan fingerprint density at radius 1 is 0.982 bits per heavy atom. The maximum absolute atomic E-state index is 13.9. The van der Waals surface area contributed by atoms with Crippen LogP contribution in [0.5, 0.6) is 0 Å². The van der Waals surface area contributed by atoms with Gasteiger partial charge in [-0.2, -0.15) is 0 Å². The van der Waals surface area contributed by atoms with Gasteiger partial charge in [-0.15, -0.1) is 0 Å². The molecule has 2 heterocycles. The molecule has 9 atom stereocenters. The van der Waals surface area contributed by atoms with Gasteiger partial charge in [0.1, 0.15) is 17.9 Å². The monoisotopic (exact) mass is 798 g/mol. The van der Waals surface area contributed by atoms with Crippen molar-refractivity contribution < 1.29 is 43.6 Å². The van der Waals surface area contributed by atoms with E-state index in [1.54, 1.807) is 14.0 Å². The summed E-state index contributed by atoms with van der Waals surface area (Å²) >= 11 is 0. The second-order valence-electron chi connectivity index (χ2n) is 17.3. The number of Topliss-reactive ketones (excluding diaryl/α,β-unsaturated/α-hetero) is 2. The number of methoxy groups -OCH3 is 1. The fourth-order valence-corrected chi connectivity index (χ4v) is 8.38. The summed E-state index contributed by atoms with van der Waals surface area (Å²) < 4.78 is 17.3. The molecule has 1 amide bonds. The highest BCUT2D eigenvalue weighted by Gasteiger charge is 2.50. The first-order chi connectivity index (χ1) is 27.2. The van der Waals surface area contributed by atoms with Crippen molar-refractivity contribution in [3.8, 4) is 0 Å². The van der Waals surface area contributed by atoms with E-state index < -0.39 is 41.5 Å². The molecule has 3 fully saturated rings. The Balaban J connectivity index is 1.59. The van der Waals surface area contributed by atoms with Crippen LogP contribution in [0.2, 0.25) is 0 Å². The average molecular weight is 798 g/mol. The molecule has 0 aromatic carbocycles. The highest BCUT2D eigenvalue weighted by Crippen LogP contribution is 2.33. The summed E-state index contributed by atoms with van der Waals surface area (Å²) in [6.45, 7) is 12.2. The Morgan fingerprint density at radius 3 is 2.47 bits per heavy atom. The summed E-state index contributed by atoms with van der Waals surface area (Å²) in [5, 5.41) is 22.0. The first-order valence-electron chi connectivity index (χ1n) is 22.0. The number of likely N-dealkylation sites (tertiary alicyclic amines) is 1. The molecule has 10 heteroatoms. The third kappa shape index (κ3) is 15.6. The number of ether oxygens (including phenoxy) is 3. The van der Waals surface area contributed by atoms with Gasteiger partial charge in [-0.05, 0) is 121 Å². The van der Waals surface area contributed by atoms with Crippen molar-refractivity contribution in [3.63, 3.8) is 0 Å². The second kappa shape index (κ2) is 24.9. The molecule has 3 aliphatic rings. The van der Waals surface area contributed by atoms with E-state index >= 15 is 0 Å². The Hall–Kier alpha value is -2.92. The topological polar surface area (TPSA) is 140 Å². The van der Waals surface area contributed by atoms with Crippen molar-refractivity contribution in [1.29, 1.82) is 0 Å². The van der Waals surface area contributed by atoms with E-state index in [4.69, 9.17) is 14.2 Å². The number of aliphatic hydroxyl groups excluding tert-OH is 1. The van der Waals surface area contributed by atoms with Crippen LogP contribution >= 0.6 is 0 Å². The van der Waals surface area contributed by atoms with Crippen molar-refractivity contribution >= 4 is 23.4 Å². The lowest BCUT2D eigenvalue weighted by molar-refractivity contribution is -0.240. The van der Waals surface area contributed by atoms with Crippen LogP contribution in [0.1, 0.15) is 151 Å². The molecule has 1 saturated carbocycles. The van der Waals surface area contributed by atoms with Crippen LogP contribution in [-0.2, 0) is 33.4 Å². The van der Waals surface area contributed by atoms with E-state index in [-0.39, 0.29) is 49.4 Å². The number of piperidine rings is 1. The van der Waals surface area contributed by atoms with E-state index in [0.29, 0.717) is 63.7 Å². The molecule has 57 heavy (non-hydrogen) atoms. The standard InChI is InChI=1S/C47H75NO9/c1-8-33(2)18-10-9-11-19-34(3)30-36(5)43(50)32-42(49)35(4)20-12-13-23-39(27-26-38-22-16-24-40(31-38)55-7)57-46(53)41-25-14-15-28-48(41)45(52)44(51)47(54)37(6)21-17-29-56-47/h9-11,18-20,34,36-42,49,54H,8,12-17,21-32H2,1-7H3/b10-9+,19-11+,33-18+,35-20+/t34-,36?,37?,38?,39+,40?,41?,42?,47?/m1/s1. The lowest BCUT2D eigenvalue weighted by atomic mass is 9.83. The fraction of sp³-hybridized carbons (Fsp3) is 0.745. The van der Waals surface area contributed by atoms with Crippen molar-refractivity contribution in [2.24, 2.45) is 23.7 Å². The van der Waals surface area contributed by atoms with E-state index in [1.807, 2.05) is 38.2 Å². The number of hydrogen-bond donors (Lipinski definition) is 2. The number of carbonyl (C=O) groups is 4. The van der Waals surface area contributed by atoms with Crippen LogP contribution in [0.15, 0.2) is 47.6 Å². The first-order valence-corrected chi connectivity index (χ1v) is 22.0. The first kappa shape index (κ1) is 48.4. The van der Waals surface area contributed by atoms with Gasteiger partial charge < -0.3 is 29.3 Å². The summed E-state index contributed by atoms with van der Waals surface area (Å²) in [4.78, 5) is 55.1. The zero-order valence-electron chi connectivity index (χ0n) is 36.2. The minimum Gasteiger partial charge on any atom is -0.461 e. The van der Waals surface area contributed by atoms with Gasteiger partial charge in [0.15, 0.2) is 0 Å². The zero-order chi connectivity index (χ0) is 42.0. The van der Waals surface area contributed by atoms with Crippen LogP contribution in [0.4, 0.5) is 0 Å². The number of rotatable bonds is 22. The molecular weight excluding hydrogens is 723 g/mol. The molecule has 2 saturated heterocycles. The zero-order valence-corrected chi connectivity index (χ0v) is 36.2. The Labute approximate surface area is 343 Å². The molecule has 0 bridgehead atoms. The number of amides is 1. The van der Waals surface area contributed by atoms with Gasteiger partial charge >= 0.3 is 5.97 Å². The largest absolute Gasteiger partial charge is 0.461 e. The molecule has 2 N–H and O–H groups in total. The predicted octanol–water partition coefficient (Wildman–Crippen LogP) is 8.54. The van der Waals surface area contributed by atoms with Crippen LogP contribution in [0, 0.1) is 23.7 Å². The van der Waals surface area contributed by atoms with Crippen molar-refractivity contribution in [2.45, 2.75) is 181 Å². The van der Waals surface area contributed by atoms with Gasteiger partial charge in [0, 0.05) is 31.9 Å². The number of allylic oxidation sites excluding steroid dienone is 7. The number of ketones is 2. The van der Waals surface area contributed by atoms with Crippen molar-refractivity contribution in [1.82, 2.24) is 4.90 Å². The van der Waals surface area contributed by atoms with Gasteiger partial charge in [0.05, 0.1) is 18.8 Å². The fourth-order valence-electron chi connectivity index (χ4n) is 8.38. The highest BCUT2D eigenvalue weighted by atomic mass is 16.6. The molecule has 10 nitrogen and oxygen atoms in total. The lowest BCUT2D eigenvalue weighted by Gasteiger charge is -2.39. The minimum absolute atomic E-state index is 0.0461. The molecule has 0 aromatic rings. The highest BCUT2D eigenvalue weighted by molar-refractivity contribution is 6.39. The summed E-state index contributed by atoms with van der Waals surface area (Å²) in [6.07, 6.45) is 23.9. The third-order valence-electron chi connectivity index (χ3n) is 12.6. The van der Waals surface area contributed by atoms with Crippen LogP contribution in [-0.4, -0.2) is 89.0 Å². The van der Waals surface area contributed by atoms with E-state index in [0.717, 1.165) is 50.5 Å². The van der Waals surface area contributed by atoms with Crippen LogP contribution < -0.4 is 0 Å². The quantitative estimate of drug-likeness (QED) is 0.0363. The third-order valence-corrected chi connectivity index (χ3v) is 12.6. The number of esters is 1. The number of nitrogens with zero attached hydrogens (tertiary/aromatic N) is 1. The number of carbonyl (C=O) groups excluding carboxylic acids is 4. The van der Waals surface area contributed by atoms with Gasteiger partial charge in [-0.25, -0.2) is 4.79 Å². The van der Waals surface area contributed by atoms with Crippen molar-refractivity contribution in [2.75, 3.05) is 20.3 Å². The normalized spacial score (nSPS) is 27.3. The second-order valence-corrected chi connectivity index (χ2v) is 17.3. The maximum Gasteiger partial charge on any atom is 0.329 e. The van der Waals surface area contributed by atoms with E-state index in [1.165, 1.54) is 10.5 Å². The van der Waals surface area contributed by atoms with Crippen LogP contribution in [0.3, 0.4) is 0 Å². The summed E-state index contributed by atoms with van der Waals surface area (Å²) in [7, 11) is 1.76. The molecule has 3 rings (SSSR count). The SMILES string of the molecule is CC/C(C)=C/C=C/C=C/[C@@H](C)CC(C)C(=O)CC(O)/C(C)=C/CCC[C@@H](CCC1CCCC(OC)C1)OC(=O)C1CCCCN1C(=O)C(=O)C1(O)OCCCC1C. The Morgan fingerprint density at radius 2 is 1.75 bits per heavy atom. The smallest absolute Gasteiger partial charge is 0.329 e. The number of hydrogen-bond acceptors (Lipinski definition) is 9. The molecule has 7 unspecified atom stereocenters. The van der Waals surface area contributed by atoms with Gasteiger partial charge in [0.25, 0.3) is 11.7 Å². The summed E-state index contributed by atoms with van der Waals surface area (Å²) in [6, 6.07) is -0.905. The minimum atomic E-state index is -2.19. The maximum atomic E-state index is 13.9. The number of aliphatic hydroxyl groups is 2. The lowest BCUT2D eigenvalue weighted by Crippen LogP contribution is -2.59. The van der Waals surface area contributed by atoms with E-state index in [9.17, 15) is 29.4 Å². The molecule has 0 radical (unpaired) electrons.